The molecule has 0 amide bonds. The molecule has 2 saturated carbocycles. The first kappa shape index (κ1) is 12.2. The van der Waals surface area contributed by atoms with Crippen LogP contribution in [0.2, 0.25) is 0 Å². The number of aliphatic hydroxyl groups is 1. The molecule has 0 aromatic rings. The first-order chi connectivity index (χ1) is 9.79. The summed E-state index contributed by atoms with van der Waals surface area (Å²) < 4.78 is 16.6. The summed E-state index contributed by atoms with van der Waals surface area (Å²) in [6.45, 7) is 7.55. The summed E-state index contributed by atoms with van der Waals surface area (Å²) in [7, 11) is 0. The van der Waals surface area contributed by atoms with Crippen LogP contribution in [-0.4, -0.2) is 46.6 Å². The summed E-state index contributed by atoms with van der Waals surface area (Å²) in [6, 6.07) is 0. The number of esters is 2. The molecule has 2 aliphatic carbocycles. The molecular formula is C15H16O6. The van der Waals surface area contributed by atoms with E-state index in [0.717, 1.165) is 5.57 Å². The molecule has 0 radical (unpaired) electrons. The minimum Gasteiger partial charge on any atom is -0.457 e. The number of epoxide rings is 1. The molecule has 0 unspecified atom stereocenters. The zero-order valence-electron chi connectivity index (χ0n) is 11.8. The molecule has 112 valence electrons. The fourth-order valence-corrected chi connectivity index (χ4v) is 5.59. The van der Waals surface area contributed by atoms with Gasteiger partial charge in [0, 0.05) is 12.3 Å². The number of carbonyl (C=O) groups is 2. The van der Waals surface area contributed by atoms with Gasteiger partial charge >= 0.3 is 11.9 Å². The lowest BCUT2D eigenvalue weighted by Crippen LogP contribution is -2.66. The van der Waals surface area contributed by atoms with Crippen LogP contribution in [0.1, 0.15) is 20.3 Å². The lowest BCUT2D eigenvalue weighted by atomic mass is 9.53. The molecule has 2 bridgehead atoms. The van der Waals surface area contributed by atoms with E-state index in [1.165, 1.54) is 0 Å². The van der Waals surface area contributed by atoms with Gasteiger partial charge in [0.2, 0.25) is 5.60 Å². The van der Waals surface area contributed by atoms with Crippen molar-refractivity contribution < 1.29 is 28.9 Å². The van der Waals surface area contributed by atoms with Crippen molar-refractivity contribution in [1.29, 1.82) is 0 Å². The van der Waals surface area contributed by atoms with Crippen LogP contribution in [0.4, 0.5) is 0 Å². The molecule has 5 aliphatic rings. The molecule has 5 fully saturated rings. The van der Waals surface area contributed by atoms with Gasteiger partial charge in [-0.15, -0.1) is 0 Å². The summed E-state index contributed by atoms with van der Waals surface area (Å²) in [5.74, 6) is -1.86. The van der Waals surface area contributed by atoms with E-state index in [4.69, 9.17) is 14.2 Å². The molecular weight excluding hydrogens is 276 g/mol. The molecule has 6 heteroatoms. The van der Waals surface area contributed by atoms with Crippen LogP contribution < -0.4 is 0 Å². The van der Waals surface area contributed by atoms with Gasteiger partial charge in [-0.1, -0.05) is 12.2 Å². The van der Waals surface area contributed by atoms with Gasteiger partial charge in [-0.05, 0) is 13.8 Å². The Morgan fingerprint density at radius 1 is 1.38 bits per heavy atom. The van der Waals surface area contributed by atoms with Crippen molar-refractivity contribution in [2.24, 2.45) is 17.3 Å². The third-order valence-corrected chi connectivity index (χ3v) is 6.60. The van der Waals surface area contributed by atoms with E-state index in [0.29, 0.717) is 0 Å². The summed E-state index contributed by atoms with van der Waals surface area (Å²) in [4.78, 5) is 24.7. The van der Waals surface area contributed by atoms with Crippen LogP contribution in [-0.2, 0) is 23.8 Å². The van der Waals surface area contributed by atoms with Gasteiger partial charge in [-0.3, -0.25) is 4.79 Å². The van der Waals surface area contributed by atoms with Gasteiger partial charge < -0.3 is 19.3 Å². The molecule has 1 N–H and O–H groups in total. The fraction of sp³-hybridized carbons (Fsp3) is 0.733. The summed E-state index contributed by atoms with van der Waals surface area (Å²) >= 11 is 0. The maximum atomic E-state index is 12.3. The molecule has 6 nitrogen and oxygen atoms in total. The first-order valence-electron chi connectivity index (χ1n) is 7.26. The highest BCUT2D eigenvalue weighted by Crippen LogP contribution is 2.76. The van der Waals surface area contributed by atoms with Crippen molar-refractivity contribution in [1.82, 2.24) is 0 Å². The summed E-state index contributed by atoms with van der Waals surface area (Å²) in [6.07, 6.45) is -1.34. The molecule has 3 saturated heterocycles. The highest BCUT2D eigenvalue weighted by molar-refractivity contribution is 5.91. The van der Waals surface area contributed by atoms with Crippen molar-refractivity contribution >= 4 is 11.9 Å². The number of rotatable bonds is 1. The fourth-order valence-electron chi connectivity index (χ4n) is 5.59. The highest BCUT2D eigenvalue weighted by atomic mass is 16.7. The number of fused-ring (bicyclic) bond motifs is 4. The number of hydrogen-bond donors (Lipinski definition) is 1. The van der Waals surface area contributed by atoms with Gasteiger partial charge in [0.05, 0.1) is 16.9 Å². The Morgan fingerprint density at radius 3 is 2.76 bits per heavy atom. The van der Waals surface area contributed by atoms with Gasteiger partial charge in [0.25, 0.3) is 0 Å². The van der Waals surface area contributed by atoms with E-state index in [1.54, 1.807) is 6.92 Å². The van der Waals surface area contributed by atoms with Crippen molar-refractivity contribution in [3.63, 3.8) is 0 Å². The number of carbonyl (C=O) groups excluding carboxylic acids is 2. The number of hydrogen-bond acceptors (Lipinski definition) is 6. The SMILES string of the molecule is C=C(C)[C@@H]1[C@H]2OC(=O)[C@@H]1[C@]1(O)C[C@@H]3O[C@]34C(=O)O[C@H]2[C@]14C. The van der Waals surface area contributed by atoms with Crippen molar-refractivity contribution in [3.05, 3.63) is 12.2 Å². The minimum atomic E-state index is -1.35. The maximum absolute atomic E-state index is 12.3. The Morgan fingerprint density at radius 2 is 2.10 bits per heavy atom. The van der Waals surface area contributed by atoms with Crippen LogP contribution in [0.15, 0.2) is 12.2 Å². The Hall–Kier alpha value is -1.40. The average molecular weight is 292 g/mol. The van der Waals surface area contributed by atoms with Crippen LogP contribution in [0.5, 0.6) is 0 Å². The monoisotopic (exact) mass is 292 g/mol. The second-order valence-corrected chi connectivity index (χ2v) is 7.25. The van der Waals surface area contributed by atoms with E-state index in [1.807, 2.05) is 6.92 Å². The molecule has 3 aliphatic heterocycles. The zero-order chi connectivity index (χ0) is 14.9. The van der Waals surface area contributed by atoms with Crippen LogP contribution in [0.25, 0.3) is 0 Å². The molecule has 3 heterocycles. The molecule has 5 rings (SSSR count). The second-order valence-electron chi connectivity index (χ2n) is 7.25. The quantitative estimate of drug-likeness (QED) is 0.414. The molecule has 0 aromatic heterocycles. The molecule has 21 heavy (non-hydrogen) atoms. The Labute approximate surface area is 121 Å². The highest BCUT2D eigenvalue weighted by Gasteiger charge is 2.95. The lowest BCUT2D eigenvalue weighted by Gasteiger charge is -2.51. The van der Waals surface area contributed by atoms with Gasteiger partial charge in [0.1, 0.15) is 12.2 Å². The van der Waals surface area contributed by atoms with Gasteiger partial charge in [-0.25, -0.2) is 4.79 Å². The number of ether oxygens (including phenoxy) is 3. The Bertz CT molecular complexity index is 642. The Balaban J connectivity index is 1.78. The largest absolute Gasteiger partial charge is 0.457 e. The smallest absolute Gasteiger partial charge is 0.342 e. The van der Waals surface area contributed by atoms with E-state index < -0.39 is 46.7 Å². The summed E-state index contributed by atoms with van der Waals surface area (Å²) in [5, 5.41) is 11.4. The maximum Gasteiger partial charge on any atom is 0.342 e. The standard InChI is InChI=1S/C15H16O6/c1-5(2)7-8-11(16)19-9(7)10-13(3)14(8,18)4-6-15(13,21-6)12(17)20-10/h6-10,18H,1,4H2,2-3H3/t6-,7-,8+,9+,10+,13+,14+,15-/m0/s1. The third-order valence-electron chi connectivity index (χ3n) is 6.60. The van der Waals surface area contributed by atoms with Gasteiger partial charge in [-0.2, -0.15) is 0 Å². The first-order valence-corrected chi connectivity index (χ1v) is 7.26. The Kier molecular flexibility index (Phi) is 1.68. The van der Waals surface area contributed by atoms with Crippen molar-refractivity contribution in [3.8, 4) is 0 Å². The van der Waals surface area contributed by atoms with Crippen LogP contribution in [0.3, 0.4) is 0 Å². The van der Waals surface area contributed by atoms with Gasteiger partial charge in [0.15, 0.2) is 6.10 Å². The lowest BCUT2D eigenvalue weighted by molar-refractivity contribution is -0.195. The topological polar surface area (TPSA) is 85.4 Å². The summed E-state index contributed by atoms with van der Waals surface area (Å²) in [5.41, 5.74) is -2.60. The van der Waals surface area contributed by atoms with Crippen LogP contribution >= 0.6 is 0 Å². The van der Waals surface area contributed by atoms with E-state index in [-0.39, 0.29) is 18.4 Å². The predicted octanol–water partition coefficient (Wildman–Crippen LogP) is -0.0620. The molecule has 0 aromatic carbocycles. The van der Waals surface area contributed by atoms with E-state index in [9.17, 15) is 14.7 Å². The average Bonchev–Trinajstić information content (AvgIpc) is 2.86. The molecule has 8 atom stereocenters. The molecule has 1 spiro atoms. The third kappa shape index (κ3) is 0.874. The predicted molar refractivity (Wildman–Crippen MR) is 66.8 cm³/mol. The normalized spacial score (nSPS) is 62.0. The van der Waals surface area contributed by atoms with Crippen LogP contribution in [0, 0.1) is 17.3 Å². The van der Waals surface area contributed by atoms with E-state index in [2.05, 4.69) is 6.58 Å². The zero-order valence-corrected chi connectivity index (χ0v) is 11.8. The van der Waals surface area contributed by atoms with Crippen molar-refractivity contribution in [2.45, 2.75) is 49.8 Å². The second kappa shape index (κ2) is 2.90. The van der Waals surface area contributed by atoms with Crippen molar-refractivity contribution in [2.75, 3.05) is 0 Å². The minimum absolute atomic E-state index is 0.269. The van der Waals surface area contributed by atoms with E-state index >= 15 is 0 Å².